The summed E-state index contributed by atoms with van der Waals surface area (Å²) < 4.78 is 0. The number of rotatable bonds is 7. The van der Waals surface area contributed by atoms with Gasteiger partial charge in [0.2, 0.25) is 5.91 Å². The molecule has 1 aromatic heterocycles. The number of nitrogens with zero attached hydrogens (tertiary/aromatic N) is 1. The molecule has 1 atom stereocenters. The van der Waals surface area contributed by atoms with Gasteiger partial charge in [0, 0.05) is 25.6 Å². The lowest BCUT2D eigenvalue weighted by molar-refractivity contribution is -0.126. The molecule has 32 heavy (non-hydrogen) atoms. The average molecular weight is 448 g/mol. The van der Waals surface area contributed by atoms with Crippen LogP contribution in [0, 0.1) is 5.92 Å². The summed E-state index contributed by atoms with van der Waals surface area (Å²) in [4.78, 5) is 27.2. The van der Waals surface area contributed by atoms with Gasteiger partial charge < -0.3 is 10.2 Å². The molecule has 3 aromatic rings. The number of amides is 3. The molecule has 1 fully saturated rings. The fourth-order valence-corrected chi connectivity index (χ4v) is 4.90. The zero-order valence-electron chi connectivity index (χ0n) is 18.1. The second-order valence-corrected chi connectivity index (χ2v) is 9.09. The summed E-state index contributed by atoms with van der Waals surface area (Å²) in [5.74, 6) is 0.111. The van der Waals surface area contributed by atoms with E-state index in [0.29, 0.717) is 19.6 Å². The lowest BCUT2D eigenvalue weighted by atomic mass is 9.88. The van der Waals surface area contributed by atoms with E-state index in [1.807, 2.05) is 29.6 Å². The summed E-state index contributed by atoms with van der Waals surface area (Å²) >= 11 is 1.49. The Hall–Kier alpha value is -3.12. The van der Waals surface area contributed by atoms with Gasteiger partial charge >= 0.3 is 6.03 Å². The molecule has 4 rings (SSSR count). The number of hydrogen-bond donors (Lipinski definition) is 2. The molecule has 2 aromatic carbocycles. The molecular formula is C26H29N3O2S. The maximum Gasteiger partial charge on any atom is 0.322 e. The number of anilines is 1. The van der Waals surface area contributed by atoms with E-state index >= 15 is 0 Å². The number of carbonyl (C=O) groups is 2. The van der Waals surface area contributed by atoms with Gasteiger partial charge in [0.05, 0.1) is 10.9 Å². The highest BCUT2D eigenvalue weighted by atomic mass is 32.1. The predicted octanol–water partition coefficient (Wildman–Crippen LogP) is 5.33. The van der Waals surface area contributed by atoms with Crippen molar-refractivity contribution in [1.82, 2.24) is 10.2 Å². The molecule has 2 heterocycles. The Morgan fingerprint density at radius 2 is 1.66 bits per heavy atom. The SMILES string of the molecule is O=C(NCCC(c1ccccc1)c1ccccc1)C1CCCN(C(=O)Nc2cccs2)C1. The molecule has 5 nitrogen and oxygen atoms in total. The molecule has 1 aliphatic heterocycles. The Morgan fingerprint density at radius 3 is 2.28 bits per heavy atom. The number of thiophene rings is 1. The topological polar surface area (TPSA) is 61.4 Å². The third-order valence-electron chi connectivity index (χ3n) is 5.97. The van der Waals surface area contributed by atoms with Crippen LogP contribution >= 0.6 is 11.3 Å². The highest BCUT2D eigenvalue weighted by Crippen LogP contribution is 2.27. The van der Waals surface area contributed by atoms with Gasteiger partial charge in [-0.25, -0.2) is 4.79 Å². The number of urea groups is 1. The van der Waals surface area contributed by atoms with E-state index in [0.717, 1.165) is 24.3 Å². The normalized spacial score (nSPS) is 16.0. The zero-order valence-corrected chi connectivity index (χ0v) is 18.9. The Bertz CT molecular complexity index is 953. The van der Waals surface area contributed by atoms with E-state index in [-0.39, 0.29) is 23.8 Å². The Kier molecular flexibility index (Phi) is 7.56. The fraction of sp³-hybridized carbons (Fsp3) is 0.308. The standard InChI is InChI=1S/C26H29N3O2S/c30-25(22-13-7-17-29(19-22)26(31)28-24-14-8-18-32-24)27-16-15-23(20-9-3-1-4-10-20)21-11-5-2-6-12-21/h1-6,8-12,14,18,22-23H,7,13,15-17,19H2,(H,27,30)(H,28,31). The summed E-state index contributed by atoms with van der Waals surface area (Å²) in [6.07, 6.45) is 2.48. The lowest BCUT2D eigenvalue weighted by Gasteiger charge is -2.32. The molecule has 1 saturated heterocycles. The number of piperidine rings is 1. The predicted molar refractivity (Wildman–Crippen MR) is 130 cm³/mol. The van der Waals surface area contributed by atoms with Gasteiger partial charge in [-0.2, -0.15) is 0 Å². The number of carbonyl (C=O) groups excluding carboxylic acids is 2. The monoisotopic (exact) mass is 447 g/mol. The van der Waals surface area contributed by atoms with Crippen LogP contribution in [0.25, 0.3) is 0 Å². The van der Waals surface area contributed by atoms with Crippen LogP contribution in [-0.4, -0.2) is 36.5 Å². The number of likely N-dealkylation sites (tertiary alicyclic amines) is 1. The van der Waals surface area contributed by atoms with Gasteiger partial charge in [0.1, 0.15) is 0 Å². The van der Waals surface area contributed by atoms with E-state index in [4.69, 9.17) is 0 Å². The third kappa shape index (κ3) is 5.77. The highest BCUT2D eigenvalue weighted by Gasteiger charge is 2.28. The third-order valence-corrected chi connectivity index (χ3v) is 6.75. The molecule has 1 unspecified atom stereocenters. The van der Waals surface area contributed by atoms with Crippen molar-refractivity contribution in [3.8, 4) is 0 Å². The van der Waals surface area contributed by atoms with Gasteiger partial charge in [-0.15, -0.1) is 11.3 Å². The summed E-state index contributed by atoms with van der Waals surface area (Å²) in [6.45, 7) is 1.75. The Morgan fingerprint density at radius 1 is 0.969 bits per heavy atom. The van der Waals surface area contributed by atoms with Crippen molar-refractivity contribution < 1.29 is 9.59 Å². The quantitative estimate of drug-likeness (QED) is 0.514. The van der Waals surface area contributed by atoms with Crippen molar-refractivity contribution in [2.75, 3.05) is 25.0 Å². The minimum Gasteiger partial charge on any atom is -0.356 e. The fourth-order valence-electron chi connectivity index (χ4n) is 4.29. The van der Waals surface area contributed by atoms with Crippen LogP contribution < -0.4 is 10.6 Å². The molecule has 1 aliphatic rings. The summed E-state index contributed by atoms with van der Waals surface area (Å²) in [7, 11) is 0. The molecular weight excluding hydrogens is 418 g/mol. The molecule has 0 spiro atoms. The van der Waals surface area contributed by atoms with Crippen molar-refractivity contribution in [2.45, 2.75) is 25.2 Å². The largest absolute Gasteiger partial charge is 0.356 e. The summed E-state index contributed by atoms with van der Waals surface area (Å²) in [5.41, 5.74) is 2.50. The minimum absolute atomic E-state index is 0.0403. The number of hydrogen-bond acceptors (Lipinski definition) is 3. The van der Waals surface area contributed by atoms with Crippen LogP contribution in [0.2, 0.25) is 0 Å². The van der Waals surface area contributed by atoms with E-state index in [9.17, 15) is 9.59 Å². The first kappa shape index (κ1) is 22.1. The van der Waals surface area contributed by atoms with Gasteiger partial charge in [0.15, 0.2) is 0 Å². The molecule has 3 amide bonds. The lowest BCUT2D eigenvalue weighted by Crippen LogP contribution is -2.47. The maximum atomic E-state index is 12.9. The first-order valence-electron chi connectivity index (χ1n) is 11.2. The summed E-state index contributed by atoms with van der Waals surface area (Å²) in [5, 5.41) is 8.81. The maximum absolute atomic E-state index is 12.9. The van der Waals surface area contributed by atoms with Crippen molar-refractivity contribution in [3.05, 3.63) is 89.3 Å². The molecule has 0 bridgehead atoms. The first-order chi connectivity index (χ1) is 15.7. The zero-order chi connectivity index (χ0) is 22.2. The second kappa shape index (κ2) is 11.0. The van der Waals surface area contributed by atoms with Gasteiger partial charge in [-0.1, -0.05) is 60.7 Å². The Labute approximate surface area is 193 Å². The van der Waals surface area contributed by atoms with Crippen molar-refractivity contribution in [1.29, 1.82) is 0 Å². The van der Waals surface area contributed by atoms with Crippen LogP contribution in [0.3, 0.4) is 0 Å². The second-order valence-electron chi connectivity index (χ2n) is 8.15. The summed E-state index contributed by atoms with van der Waals surface area (Å²) in [6, 6.07) is 24.5. The van der Waals surface area contributed by atoms with Crippen LogP contribution in [-0.2, 0) is 4.79 Å². The van der Waals surface area contributed by atoms with E-state index in [1.54, 1.807) is 4.90 Å². The van der Waals surface area contributed by atoms with Crippen LogP contribution in [0.15, 0.2) is 78.2 Å². The van der Waals surface area contributed by atoms with Crippen LogP contribution in [0.4, 0.5) is 9.80 Å². The molecule has 0 aliphatic carbocycles. The average Bonchev–Trinajstić information content (AvgIpc) is 3.36. The molecule has 2 N–H and O–H groups in total. The molecule has 166 valence electrons. The van der Waals surface area contributed by atoms with Crippen molar-refractivity contribution >= 4 is 28.3 Å². The molecule has 6 heteroatoms. The van der Waals surface area contributed by atoms with Crippen LogP contribution in [0.1, 0.15) is 36.3 Å². The molecule has 0 radical (unpaired) electrons. The van der Waals surface area contributed by atoms with E-state index in [1.165, 1.54) is 22.5 Å². The molecule has 0 saturated carbocycles. The highest BCUT2D eigenvalue weighted by molar-refractivity contribution is 7.14. The van der Waals surface area contributed by atoms with E-state index in [2.05, 4.69) is 59.2 Å². The van der Waals surface area contributed by atoms with Crippen molar-refractivity contribution in [2.24, 2.45) is 5.92 Å². The van der Waals surface area contributed by atoms with Gasteiger partial charge in [-0.3, -0.25) is 10.1 Å². The number of benzene rings is 2. The minimum atomic E-state index is -0.162. The van der Waals surface area contributed by atoms with E-state index < -0.39 is 0 Å². The number of nitrogens with one attached hydrogen (secondary N) is 2. The van der Waals surface area contributed by atoms with Gasteiger partial charge in [-0.05, 0) is 47.9 Å². The Balaban J connectivity index is 1.31. The van der Waals surface area contributed by atoms with Crippen LogP contribution in [0.5, 0.6) is 0 Å². The van der Waals surface area contributed by atoms with Gasteiger partial charge in [0.25, 0.3) is 0 Å². The smallest absolute Gasteiger partial charge is 0.322 e. The first-order valence-corrected chi connectivity index (χ1v) is 12.1. The van der Waals surface area contributed by atoms with Crippen molar-refractivity contribution in [3.63, 3.8) is 0 Å².